The maximum atomic E-state index is 11.4. The van der Waals surface area contributed by atoms with Crippen LogP contribution in [0.25, 0.3) is 0 Å². The Bertz CT molecular complexity index is 274. The van der Waals surface area contributed by atoms with E-state index in [0.717, 1.165) is 38.7 Å². The van der Waals surface area contributed by atoms with E-state index < -0.39 is 0 Å². The van der Waals surface area contributed by atoms with Gasteiger partial charge in [0.05, 0.1) is 6.61 Å². The van der Waals surface area contributed by atoms with Crippen LogP contribution in [0.1, 0.15) is 38.5 Å². The second-order valence-electron chi connectivity index (χ2n) is 4.61. The lowest BCUT2D eigenvalue weighted by Crippen LogP contribution is -2.24. The summed E-state index contributed by atoms with van der Waals surface area (Å²) in [6, 6.07) is 0. The third-order valence-corrected chi connectivity index (χ3v) is 2.74. The number of likely N-dealkylation sites (N-methyl/N-ethyl adjacent to an activating group) is 1. The van der Waals surface area contributed by atoms with Crippen LogP contribution in [-0.2, 0) is 23.9 Å². The lowest BCUT2D eigenvalue weighted by atomic mass is 10.2. The van der Waals surface area contributed by atoms with Crippen molar-refractivity contribution in [2.75, 3.05) is 40.6 Å². The van der Waals surface area contributed by atoms with Crippen molar-refractivity contribution in [2.24, 2.45) is 0 Å². The number of hydrogen-bond donors (Lipinski definition) is 2. The first kappa shape index (κ1) is 19.8. The monoisotopic (exact) mass is 304 g/mol. The van der Waals surface area contributed by atoms with Gasteiger partial charge in [0.15, 0.2) is 0 Å². The van der Waals surface area contributed by atoms with E-state index in [1.54, 1.807) is 14.2 Å². The normalized spacial score (nSPS) is 10.4. The Hall–Kier alpha value is -1.18. The molecule has 2 N–H and O–H groups in total. The minimum absolute atomic E-state index is 0.0805. The molecule has 0 saturated heterocycles. The molecular weight excluding hydrogens is 276 g/mol. The van der Waals surface area contributed by atoms with Crippen molar-refractivity contribution in [1.29, 1.82) is 0 Å². The van der Waals surface area contributed by atoms with E-state index in [0.29, 0.717) is 19.6 Å². The Morgan fingerprint density at radius 1 is 0.905 bits per heavy atom. The van der Waals surface area contributed by atoms with Gasteiger partial charge in [-0.3, -0.25) is 14.4 Å². The van der Waals surface area contributed by atoms with E-state index in [4.69, 9.17) is 14.3 Å². The van der Waals surface area contributed by atoms with Crippen LogP contribution >= 0.6 is 0 Å². The van der Waals surface area contributed by atoms with Gasteiger partial charge in [-0.05, 0) is 25.7 Å². The van der Waals surface area contributed by atoms with Crippen molar-refractivity contribution in [1.82, 2.24) is 10.8 Å². The smallest absolute Gasteiger partial charge is 0.245 e. The van der Waals surface area contributed by atoms with E-state index in [1.807, 2.05) is 0 Å². The number of carbonyl (C=O) groups is 2. The molecule has 7 nitrogen and oxygen atoms in total. The summed E-state index contributed by atoms with van der Waals surface area (Å²) in [6.45, 7) is 1.76. The molecule has 0 radical (unpaired) electrons. The van der Waals surface area contributed by atoms with Crippen molar-refractivity contribution in [3.05, 3.63) is 0 Å². The van der Waals surface area contributed by atoms with Gasteiger partial charge < -0.3 is 14.8 Å². The highest BCUT2D eigenvalue weighted by Crippen LogP contribution is 1.99. The summed E-state index contributed by atoms with van der Waals surface area (Å²) in [6.07, 6.45) is 4.81. The molecule has 124 valence electrons. The van der Waals surface area contributed by atoms with E-state index in [9.17, 15) is 9.59 Å². The Labute approximate surface area is 126 Å². The number of methoxy groups -OCH3 is 1. The van der Waals surface area contributed by atoms with Crippen molar-refractivity contribution in [3.63, 3.8) is 0 Å². The lowest BCUT2D eigenvalue weighted by molar-refractivity contribution is -0.134. The first-order valence-electron chi connectivity index (χ1n) is 7.38. The Morgan fingerprint density at radius 2 is 1.62 bits per heavy atom. The molecule has 0 heterocycles. The number of amides is 2. The van der Waals surface area contributed by atoms with Gasteiger partial charge in [-0.1, -0.05) is 6.42 Å². The minimum atomic E-state index is -0.135. The fraction of sp³-hybridized carbons (Fsp3) is 0.857. The van der Waals surface area contributed by atoms with Crippen molar-refractivity contribution < 1.29 is 23.9 Å². The molecule has 7 heteroatoms. The van der Waals surface area contributed by atoms with E-state index in [2.05, 4.69) is 10.8 Å². The highest BCUT2D eigenvalue weighted by atomic mass is 16.6. The molecule has 0 aliphatic carbocycles. The Morgan fingerprint density at radius 3 is 2.33 bits per heavy atom. The second kappa shape index (κ2) is 15.2. The van der Waals surface area contributed by atoms with Crippen LogP contribution in [0.2, 0.25) is 0 Å². The molecule has 0 spiro atoms. The van der Waals surface area contributed by atoms with Gasteiger partial charge in [0.1, 0.15) is 6.61 Å². The van der Waals surface area contributed by atoms with Gasteiger partial charge in [0, 0.05) is 33.8 Å². The molecule has 0 fully saturated rings. The predicted octanol–water partition coefficient (Wildman–Crippen LogP) is 0.784. The van der Waals surface area contributed by atoms with E-state index in [1.165, 1.54) is 0 Å². The summed E-state index contributed by atoms with van der Waals surface area (Å²) in [5.74, 6) is -0.229. The topological polar surface area (TPSA) is 85.9 Å². The quantitative estimate of drug-likeness (QED) is 0.366. The van der Waals surface area contributed by atoms with Gasteiger partial charge in [0.25, 0.3) is 0 Å². The highest BCUT2D eigenvalue weighted by molar-refractivity contribution is 5.76. The summed E-state index contributed by atoms with van der Waals surface area (Å²) in [5.41, 5.74) is 2.42. The first-order chi connectivity index (χ1) is 10.2. The molecule has 0 saturated carbocycles. The zero-order valence-corrected chi connectivity index (χ0v) is 13.1. The van der Waals surface area contributed by atoms with Crippen LogP contribution in [0.4, 0.5) is 0 Å². The molecule has 0 aliphatic rings. The molecule has 0 aliphatic heterocycles. The molecule has 0 bridgehead atoms. The number of ether oxygens (including phenoxy) is 2. The molecule has 0 aromatic rings. The summed E-state index contributed by atoms with van der Waals surface area (Å²) in [5, 5.41) is 2.47. The summed E-state index contributed by atoms with van der Waals surface area (Å²) in [7, 11) is 3.24. The second-order valence-corrected chi connectivity index (χ2v) is 4.61. The summed E-state index contributed by atoms with van der Waals surface area (Å²) < 4.78 is 10.1. The lowest BCUT2D eigenvalue weighted by Gasteiger charge is -2.06. The molecule has 0 unspecified atom stereocenters. The van der Waals surface area contributed by atoms with Crippen LogP contribution in [0.5, 0.6) is 0 Å². The average Bonchev–Trinajstić information content (AvgIpc) is 2.49. The number of nitrogens with one attached hydrogen (secondary N) is 2. The largest absolute Gasteiger partial charge is 0.385 e. The predicted molar refractivity (Wildman–Crippen MR) is 78.6 cm³/mol. The minimum Gasteiger partial charge on any atom is -0.385 e. The highest BCUT2D eigenvalue weighted by Gasteiger charge is 2.01. The number of rotatable bonds is 14. The first-order valence-corrected chi connectivity index (χ1v) is 7.38. The van der Waals surface area contributed by atoms with Crippen molar-refractivity contribution in [3.8, 4) is 0 Å². The zero-order chi connectivity index (χ0) is 15.8. The van der Waals surface area contributed by atoms with Gasteiger partial charge in [-0.2, -0.15) is 0 Å². The third kappa shape index (κ3) is 15.0. The van der Waals surface area contributed by atoms with Crippen LogP contribution in [-0.4, -0.2) is 52.4 Å². The van der Waals surface area contributed by atoms with Crippen LogP contribution in [0.3, 0.4) is 0 Å². The van der Waals surface area contributed by atoms with E-state index in [-0.39, 0.29) is 18.4 Å². The van der Waals surface area contributed by atoms with Crippen LogP contribution in [0.15, 0.2) is 0 Å². The maximum absolute atomic E-state index is 11.4. The van der Waals surface area contributed by atoms with Crippen LogP contribution < -0.4 is 10.8 Å². The summed E-state index contributed by atoms with van der Waals surface area (Å²) >= 11 is 0. The van der Waals surface area contributed by atoms with Crippen LogP contribution in [0, 0.1) is 0 Å². The fourth-order valence-electron chi connectivity index (χ4n) is 1.51. The zero-order valence-electron chi connectivity index (χ0n) is 13.1. The molecule has 21 heavy (non-hydrogen) atoms. The molecule has 0 aromatic heterocycles. The standard InChI is InChI=1S/C14H28N2O5/c1-15-14(18)12-20-10-6-7-11-21-16-13(17)8-4-3-5-9-19-2/h3-12H2,1-2H3,(H,15,18)(H,16,17). The van der Waals surface area contributed by atoms with Gasteiger partial charge >= 0.3 is 0 Å². The number of hydroxylamine groups is 1. The van der Waals surface area contributed by atoms with E-state index >= 15 is 0 Å². The number of carbonyl (C=O) groups excluding carboxylic acids is 2. The fourth-order valence-corrected chi connectivity index (χ4v) is 1.51. The maximum Gasteiger partial charge on any atom is 0.245 e. The Balaban J connectivity index is 3.19. The molecular formula is C14H28N2O5. The number of unbranched alkanes of at least 4 members (excludes halogenated alkanes) is 3. The third-order valence-electron chi connectivity index (χ3n) is 2.74. The molecule has 2 amide bonds. The molecule has 0 atom stereocenters. The Kier molecular flexibility index (Phi) is 14.4. The van der Waals surface area contributed by atoms with Crippen molar-refractivity contribution in [2.45, 2.75) is 38.5 Å². The van der Waals surface area contributed by atoms with Gasteiger partial charge in [-0.25, -0.2) is 5.48 Å². The van der Waals surface area contributed by atoms with Gasteiger partial charge in [-0.15, -0.1) is 0 Å². The average molecular weight is 304 g/mol. The number of hydrogen-bond acceptors (Lipinski definition) is 5. The van der Waals surface area contributed by atoms with Crippen molar-refractivity contribution >= 4 is 11.8 Å². The van der Waals surface area contributed by atoms with Gasteiger partial charge in [0.2, 0.25) is 11.8 Å². The SMILES string of the molecule is CNC(=O)COCCCCONC(=O)CCCCCOC. The summed E-state index contributed by atoms with van der Waals surface area (Å²) in [4.78, 5) is 27.3. The molecule has 0 aromatic carbocycles. The molecule has 0 rings (SSSR count).